The van der Waals surface area contributed by atoms with Crippen LogP contribution in [-0.4, -0.2) is 63.2 Å². The number of likely N-dealkylation sites (N-methyl/N-ethyl adjacent to an activating group) is 1. The first-order valence-electron chi connectivity index (χ1n) is 10.4. The number of hydrogen-bond acceptors (Lipinski definition) is 4. The fourth-order valence-corrected chi connectivity index (χ4v) is 4.34. The number of nitrogens with zero attached hydrogens (tertiary/aromatic N) is 3. The average Bonchev–Trinajstić information content (AvgIpc) is 2.78. The Morgan fingerprint density at radius 1 is 1.00 bits per heavy atom. The van der Waals surface area contributed by atoms with Crippen molar-refractivity contribution < 1.29 is 18.0 Å². The molecule has 0 fully saturated rings. The van der Waals surface area contributed by atoms with Crippen molar-refractivity contribution in [2.75, 3.05) is 32.0 Å². The number of nitrogens with one attached hydrogen (secondary N) is 1. The molecule has 0 aromatic heterocycles. The van der Waals surface area contributed by atoms with Crippen LogP contribution in [0.15, 0.2) is 54.6 Å². The Morgan fingerprint density at radius 3 is 2.09 bits per heavy atom. The molecule has 0 bridgehead atoms. The Kier molecular flexibility index (Phi) is 8.80. The van der Waals surface area contributed by atoms with E-state index in [0.717, 1.165) is 19.7 Å². The molecule has 1 atom stereocenters. The highest BCUT2D eigenvalue weighted by atomic mass is 32.2. The molecule has 0 heterocycles. The van der Waals surface area contributed by atoms with E-state index < -0.39 is 28.7 Å². The molecule has 8 nitrogen and oxygen atoms in total. The number of carbonyl (C=O) groups is 2. The Morgan fingerprint density at radius 2 is 1.59 bits per heavy atom. The molecule has 9 heteroatoms. The molecular weight excluding hydrogens is 428 g/mol. The van der Waals surface area contributed by atoms with Crippen LogP contribution in [0.5, 0.6) is 0 Å². The van der Waals surface area contributed by atoms with Crippen LogP contribution in [0.1, 0.15) is 24.5 Å². The van der Waals surface area contributed by atoms with E-state index in [4.69, 9.17) is 0 Å². The van der Waals surface area contributed by atoms with Gasteiger partial charge in [-0.25, -0.2) is 4.31 Å². The second-order valence-corrected chi connectivity index (χ2v) is 9.74. The van der Waals surface area contributed by atoms with Crippen LogP contribution in [-0.2, 0) is 26.3 Å². The third-order valence-electron chi connectivity index (χ3n) is 5.17. The summed E-state index contributed by atoms with van der Waals surface area (Å²) in [4.78, 5) is 27.5. The van der Waals surface area contributed by atoms with Gasteiger partial charge < -0.3 is 10.2 Å². The summed E-state index contributed by atoms with van der Waals surface area (Å²) < 4.78 is 28.2. The molecule has 0 radical (unpaired) electrons. The highest BCUT2D eigenvalue weighted by Crippen LogP contribution is 2.21. The molecule has 0 saturated heterocycles. The maximum absolute atomic E-state index is 13.5. The fraction of sp³-hybridized carbons (Fsp3) is 0.391. The minimum atomic E-state index is -3.94. The van der Waals surface area contributed by atoms with Crippen molar-refractivity contribution >= 4 is 27.7 Å². The lowest BCUT2D eigenvalue weighted by Gasteiger charge is -2.33. The molecule has 1 N–H and O–H groups in total. The lowest BCUT2D eigenvalue weighted by molar-refractivity contribution is -0.140. The third kappa shape index (κ3) is 6.08. The standard InChI is InChI=1S/C23H32N4O4S/c1-6-21(23(29)24-3)26(16-19-14-12-18(2)13-15-19)22(28)17-27(32(30,31)25(4)5)20-10-8-7-9-11-20/h7-15,21H,6,16-17H2,1-5H3,(H,24,29)/t21-/m1/s1. The van der Waals surface area contributed by atoms with E-state index in [1.54, 1.807) is 30.3 Å². The normalized spacial score (nSPS) is 12.3. The first-order chi connectivity index (χ1) is 15.1. The predicted octanol–water partition coefficient (Wildman–Crippen LogP) is 2.16. The van der Waals surface area contributed by atoms with Gasteiger partial charge >= 0.3 is 10.2 Å². The number of hydrogen-bond donors (Lipinski definition) is 1. The molecule has 2 amide bonds. The van der Waals surface area contributed by atoms with Crippen molar-refractivity contribution in [1.82, 2.24) is 14.5 Å². The molecule has 2 aromatic rings. The molecule has 0 spiro atoms. The topological polar surface area (TPSA) is 90.0 Å². The smallest absolute Gasteiger partial charge is 0.304 e. The van der Waals surface area contributed by atoms with Crippen molar-refractivity contribution in [1.29, 1.82) is 0 Å². The van der Waals surface area contributed by atoms with E-state index >= 15 is 0 Å². The highest BCUT2D eigenvalue weighted by molar-refractivity contribution is 7.90. The van der Waals surface area contributed by atoms with E-state index in [0.29, 0.717) is 12.1 Å². The second kappa shape index (κ2) is 11.1. The number of amides is 2. The summed E-state index contributed by atoms with van der Waals surface area (Å²) in [6.07, 6.45) is 0.392. The van der Waals surface area contributed by atoms with Crippen LogP contribution >= 0.6 is 0 Å². The zero-order valence-corrected chi connectivity index (χ0v) is 20.1. The van der Waals surface area contributed by atoms with E-state index in [9.17, 15) is 18.0 Å². The van der Waals surface area contributed by atoms with Crippen LogP contribution in [0.2, 0.25) is 0 Å². The van der Waals surface area contributed by atoms with Gasteiger partial charge in [-0.3, -0.25) is 9.59 Å². The predicted molar refractivity (Wildman–Crippen MR) is 126 cm³/mol. The summed E-state index contributed by atoms with van der Waals surface area (Å²) in [5.41, 5.74) is 2.31. The number of para-hydroxylation sites is 1. The number of carbonyl (C=O) groups excluding carboxylic acids is 2. The lowest BCUT2D eigenvalue weighted by Crippen LogP contribution is -2.52. The van der Waals surface area contributed by atoms with Crippen molar-refractivity contribution in [3.8, 4) is 0 Å². The van der Waals surface area contributed by atoms with Crippen LogP contribution in [0.3, 0.4) is 0 Å². The van der Waals surface area contributed by atoms with Gasteiger partial charge in [0.15, 0.2) is 0 Å². The molecule has 2 aromatic carbocycles. The molecule has 0 saturated carbocycles. The summed E-state index contributed by atoms with van der Waals surface area (Å²) in [5.74, 6) is -0.759. The van der Waals surface area contributed by atoms with Gasteiger partial charge in [0.05, 0.1) is 5.69 Å². The van der Waals surface area contributed by atoms with E-state index in [1.807, 2.05) is 38.1 Å². The van der Waals surface area contributed by atoms with Crippen LogP contribution in [0, 0.1) is 6.92 Å². The fourth-order valence-electron chi connectivity index (χ4n) is 3.29. The van der Waals surface area contributed by atoms with Crippen LogP contribution in [0.4, 0.5) is 5.69 Å². The summed E-state index contributed by atoms with van der Waals surface area (Å²) in [7, 11) is 0.413. The highest BCUT2D eigenvalue weighted by Gasteiger charge is 2.33. The van der Waals surface area contributed by atoms with Gasteiger partial charge in [0.1, 0.15) is 12.6 Å². The molecule has 0 aliphatic heterocycles. The lowest BCUT2D eigenvalue weighted by atomic mass is 10.1. The molecule has 174 valence electrons. The quantitative estimate of drug-likeness (QED) is 0.588. The zero-order valence-electron chi connectivity index (χ0n) is 19.3. The van der Waals surface area contributed by atoms with Gasteiger partial charge in [-0.1, -0.05) is 55.0 Å². The third-order valence-corrected chi connectivity index (χ3v) is 6.99. The maximum atomic E-state index is 13.5. The largest absolute Gasteiger partial charge is 0.357 e. The first-order valence-corrected chi connectivity index (χ1v) is 11.8. The van der Waals surface area contributed by atoms with Crippen molar-refractivity contribution in [3.63, 3.8) is 0 Å². The van der Waals surface area contributed by atoms with Gasteiger partial charge in [-0.2, -0.15) is 12.7 Å². The van der Waals surface area contributed by atoms with E-state index in [2.05, 4.69) is 5.32 Å². The number of anilines is 1. The molecular formula is C23H32N4O4S. The average molecular weight is 461 g/mol. The number of rotatable bonds is 10. The minimum Gasteiger partial charge on any atom is -0.357 e. The van der Waals surface area contributed by atoms with Crippen molar-refractivity contribution in [3.05, 3.63) is 65.7 Å². The monoisotopic (exact) mass is 460 g/mol. The molecule has 0 aliphatic carbocycles. The second-order valence-electron chi connectivity index (χ2n) is 7.68. The Labute approximate surface area is 191 Å². The Bertz CT molecular complexity index is 1010. The Hall–Kier alpha value is -2.91. The SMILES string of the molecule is CC[C@H](C(=O)NC)N(Cc1ccc(C)cc1)C(=O)CN(c1ccccc1)S(=O)(=O)N(C)C. The van der Waals surface area contributed by atoms with Gasteiger partial charge in [-0.15, -0.1) is 0 Å². The van der Waals surface area contributed by atoms with Gasteiger partial charge in [0.25, 0.3) is 0 Å². The summed E-state index contributed by atoms with van der Waals surface area (Å²) in [6, 6.07) is 15.4. The van der Waals surface area contributed by atoms with E-state index in [1.165, 1.54) is 26.0 Å². The molecule has 32 heavy (non-hydrogen) atoms. The van der Waals surface area contributed by atoms with Gasteiger partial charge in [0, 0.05) is 27.7 Å². The number of benzene rings is 2. The zero-order chi connectivity index (χ0) is 23.9. The number of aryl methyl sites for hydroxylation is 1. The molecule has 0 aliphatic rings. The summed E-state index contributed by atoms with van der Waals surface area (Å²) >= 11 is 0. The summed E-state index contributed by atoms with van der Waals surface area (Å²) in [5, 5.41) is 2.61. The van der Waals surface area contributed by atoms with Gasteiger partial charge in [-0.05, 0) is 31.0 Å². The van der Waals surface area contributed by atoms with Crippen LogP contribution < -0.4 is 9.62 Å². The first kappa shape index (κ1) is 25.4. The van der Waals surface area contributed by atoms with Crippen molar-refractivity contribution in [2.24, 2.45) is 0 Å². The van der Waals surface area contributed by atoms with Crippen LogP contribution in [0.25, 0.3) is 0 Å². The van der Waals surface area contributed by atoms with Crippen molar-refractivity contribution in [2.45, 2.75) is 32.9 Å². The molecule has 0 unspecified atom stereocenters. The Balaban J connectivity index is 2.45. The summed E-state index contributed by atoms with van der Waals surface area (Å²) in [6.45, 7) is 3.55. The minimum absolute atomic E-state index is 0.190. The van der Waals surface area contributed by atoms with Gasteiger partial charge in [0.2, 0.25) is 11.8 Å². The molecule has 2 rings (SSSR count). The van der Waals surface area contributed by atoms with E-state index in [-0.39, 0.29) is 12.5 Å². The maximum Gasteiger partial charge on any atom is 0.304 e.